The van der Waals surface area contributed by atoms with Crippen LogP contribution in [0.2, 0.25) is 0 Å². The molecule has 0 spiro atoms. The summed E-state index contributed by atoms with van der Waals surface area (Å²) in [6, 6.07) is 2.51. The topological polar surface area (TPSA) is 21.3 Å². The second kappa shape index (κ2) is 7.69. The second-order valence-electron chi connectivity index (χ2n) is 4.32. The van der Waals surface area contributed by atoms with Crippen molar-refractivity contribution in [3.63, 3.8) is 0 Å². The zero-order valence-electron chi connectivity index (χ0n) is 10.6. The van der Waals surface area contributed by atoms with Gasteiger partial charge in [-0.25, -0.2) is 4.39 Å². The van der Waals surface area contributed by atoms with Gasteiger partial charge in [-0.05, 0) is 25.1 Å². The monoisotopic (exact) mass is 321 g/mol. The van der Waals surface area contributed by atoms with Crippen LogP contribution in [0.15, 0.2) is 16.6 Å². The fourth-order valence-electron chi connectivity index (χ4n) is 1.45. The molecule has 1 atom stereocenters. The summed E-state index contributed by atoms with van der Waals surface area (Å²) in [5, 5.41) is 3.25. The van der Waals surface area contributed by atoms with Crippen molar-refractivity contribution in [2.24, 2.45) is 5.92 Å². The summed E-state index contributed by atoms with van der Waals surface area (Å²) >= 11 is 3.11. The van der Waals surface area contributed by atoms with Crippen LogP contribution in [0.3, 0.4) is 0 Å². The van der Waals surface area contributed by atoms with E-state index in [1.54, 1.807) is 0 Å². The highest BCUT2D eigenvalue weighted by molar-refractivity contribution is 9.10. The number of rotatable bonds is 7. The van der Waals surface area contributed by atoms with Crippen molar-refractivity contribution in [2.75, 3.05) is 19.7 Å². The molecule has 1 aromatic rings. The summed E-state index contributed by atoms with van der Waals surface area (Å²) in [6.07, 6.45) is 1.07. The first-order chi connectivity index (χ1) is 8.54. The third kappa shape index (κ3) is 4.90. The van der Waals surface area contributed by atoms with Gasteiger partial charge in [-0.15, -0.1) is 0 Å². The van der Waals surface area contributed by atoms with E-state index in [2.05, 4.69) is 28.2 Å². The number of halogens is 3. The normalized spacial score (nSPS) is 12.5. The predicted molar refractivity (Wildman–Crippen MR) is 71.9 cm³/mol. The quantitative estimate of drug-likeness (QED) is 0.610. The van der Waals surface area contributed by atoms with Crippen LogP contribution in [0.4, 0.5) is 8.78 Å². The molecule has 0 aliphatic heterocycles. The maximum atomic E-state index is 13.4. The Hall–Kier alpha value is -0.680. The van der Waals surface area contributed by atoms with Gasteiger partial charge in [0.2, 0.25) is 5.82 Å². The van der Waals surface area contributed by atoms with Crippen LogP contribution in [0, 0.1) is 17.6 Å². The third-order valence-electron chi connectivity index (χ3n) is 2.40. The molecule has 1 N–H and O–H groups in total. The Morgan fingerprint density at radius 2 is 2.11 bits per heavy atom. The van der Waals surface area contributed by atoms with Crippen LogP contribution < -0.4 is 10.1 Å². The Bertz CT molecular complexity index is 387. The molecule has 0 heterocycles. The van der Waals surface area contributed by atoms with E-state index in [1.165, 1.54) is 6.07 Å². The molecule has 1 unspecified atom stereocenters. The van der Waals surface area contributed by atoms with Gasteiger partial charge in [0.15, 0.2) is 11.6 Å². The molecular formula is C13H18BrF2NO. The average molecular weight is 322 g/mol. The molecule has 0 amide bonds. The minimum atomic E-state index is -0.938. The molecule has 0 saturated heterocycles. The van der Waals surface area contributed by atoms with Gasteiger partial charge in [0, 0.05) is 16.9 Å². The maximum absolute atomic E-state index is 13.4. The molecule has 0 saturated carbocycles. The standard InChI is InChI=1S/C13H18BrF2NO/c1-3-4-17-7-9(2)8-18-12-6-10(14)5-11(15)13(12)16/h5-6,9,17H,3-4,7-8H2,1-2H3. The molecule has 0 radical (unpaired) electrons. The van der Waals surface area contributed by atoms with Gasteiger partial charge >= 0.3 is 0 Å². The smallest absolute Gasteiger partial charge is 0.200 e. The minimum Gasteiger partial charge on any atom is -0.490 e. The first-order valence-corrected chi connectivity index (χ1v) is 6.82. The van der Waals surface area contributed by atoms with Gasteiger partial charge in [-0.3, -0.25) is 0 Å². The van der Waals surface area contributed by atoms with E-state index in [4.69, 9.17) is 4.74 Å². The average Bonchev–Trinajstić information content (AvgIpc) is 2.32. The van der Waals surface area contributed by atoms with Crippen LogP contribution >= 0.6 is 15.9 Å². The SMILES string of the molecule is CCCNCC(C)COc1cc(Br)cc(F)c1F. The van der Waals surface area contributed by atoms with Crippen molar-refractivity contribution in [3.8, 4) is 5.75 Å². The minimum absolute atomic E-state index is 0.0517. The highest BCUT2D eigenvalue weighted by atomic mass is 79.9. The molecule has 2 nitrogen and oxygen atoms in total. The van der Waals surface area contributed by atoms with Crippen molar-refractivity contribution < 1.29 is 13.5 Å². The van der Waals surface area contributed by atoms with Crippen LogP contribution in [0.25, 0.3) is 0 Å². The molecule has 102 valence electrons. The van der Waals surface area contributed by atoms with Gasteiger partial charge in [0.25, 0.3) is 0 Å². The molecule has 0 aliphatic rings. The fraction of sp³-hybridized carbons (Fsp3) is 0.538. The molecule has 1 rings (SSSR count). The van der Waals surface area contributed by atoms with Crippen LogP contribution in [0.1, 0.15) is 20.3 Å². The van der Waals surface area contributed by atoms with Gasteiger partial charge in [0.05, 0.1) is 6.61 Å². The Morgan fingerprint density at radius 1 is 1.39 bits per heavy atom. The lowest BCUT2D eigenvalue weighted by molar-refractivity contribution is 0.242. The summed E-state index contributed by atoms with van der Waals surface area (Å²) in [7, 11) is 0. The van der Waals surface area contributed by atoms with Gasteiger partial charge in [0.1, 0.15) is 0 Å². The number of benzene rings is 1. The lowest BCUT2D eigenvalue weighted by atomic mass is 10.2. The Morgan fingerprint density at radius 3 is 2.78 bits per heavy atom. The second-order valence-corrected chi connectivity index (χ2v) is 5.24. The van der Waals surface area contributed by atoms with Crippen LogP contribution in [-0.4, -0.2) is 19.7 Å². The molecule has 0 aliphatic carbocycles. The maximum Gasteiger partial charge on any atom is 0.200 e. The first kappa shape index (κ1) is 15.4. The summed E-state index contributed by atoms with van der Waals surface area (Å²) in [6.45, 7) is 6.18. The van der Waals surface area contributed by atoms with E-state index in [0.29, 0.717) is 11.1 Å². The van der Waals surface area contributed by atoms with Crippen molar-refractivity contribution in [1.29, 1.82) is 0 Å². The van der Waals surface area contributed by atoms with E-state index in [0.717, 1.165) is 25.6 Å². The summed E-state index contributed by atoms with van der Waals surface area (Å²) in [5.74, 6) is -1.66. The molecule has 0 fully saturated rings. The van der Waals surface area contributed by atoms with Crippen molar-refractivity contribution in [3.05, 3.63) is 28.2 Å². The summed E-state index contributed by atoms with van der Waals surface area (Å²) in [4.78, 5) is 0. The number of nitrogens with one attached hydrogen (secondary N) is 1. The zero-order valence-corrected chi connectivity index (χ0v) is 12.2. The van der Waals surface area contributed by atoms with Crippen LogP contribution in [-0.2, 0) is 0 Å². The lowest BCUT2D eigenvalue weighted by Gasteiger charge is -2.14. The lowest BCUT2D eigenvalue weighted by Crippen LogP contribution is -2.25. The molecule has 0 bridgehead atoms. The van der Waals surface area contributed by atoms with Crippen molar-refractivity contribution in [2.45, 2.75) is 20.3 Å². The molecular weight excluding hydrogens is 304 g/mol. The van der Waals surface area contributed by atoms with E-state index in [-0.39, 0.29) is 11.7 Å². The predicted octanol–water partition coefficient (Wildman–Crippen LogP) is 3.74. The highest BCUT2D eigenvalue weighted by Crippen LogP contribution is 2.25. The number of ether oxygens (including phenoxy) is 1. The third-order valence-corrected chi connectivity index (χ3v) is 2.86. The fourth-order valence-corrected chi connectivity index (χ4v) is 1.86. The van der Waals surface area contributed by atoms with Crippen molar-refractivity contribution in [1.82, 2.24) is 5.32 Å². The summed E-state index contributed by atoms with van der Waals surface area (Å²) < 4.78 is 32.3. The summed E-state index contributed by atoms with van der Waals surface area (Å²) in [5.41, 5.74) is 0. The van der Waals surface area contributed by atoms with E-state index < -0.39 is 11.6 Å². The van der Waals surface area contributed by atoms with Crippen molar-refractivity contribution >= 4 is 15.9 Å². The molecule has 1 aromatic carbocycles. The number of hydrogen-bond acceptors (Lipinski definition) is 2. The molecule has 5 heteroatoms. The Labute approximate surface area is 115 Å². The zero-order chi connectivity index (χ0) is 13.5. The largest absolute Gasteiger partial charge is 0.490 e. The van der Waals surface area contributed by atoms with Crippen LogP contribution in [0.5, 0.6) is 5.75 Å². The Kier molecular flexibility index (Phi) is 6.57. The Balaban J connectivity index is 2.48. The van der Waals surface area contributed by atoms with Gasteiger partial charge in [-0.2, -0.15) is 4.39 Å². The number of hydrogen-bond donors (Lipinski definition) is 1. The van der Waals surface area contributed by atoms with E-state index in [9.17, 15) is 8.78 Å². The van der Waals surface area contributed by atoms with E-state index in [1.807, 2.05) is 6.92 Å². The molecule has 0 aromatic heterocycles. The highest BCUT2D eigenvalue weighted by Gasteiger charge is 2.12. The van der Waals surface area contributed by atoms with Gasteiger partial charge in [-0.1, -0.05) is 29.8 Å². The first-order valence-electron chi connectivity index (χ1n) is 6.02. The van der Waals surface area contributed by atoms with Gasteiger partial charge < -0.3 is 10.1 Å². The molecule has 18 heavy (non-hydrogen) atoms. The van der Waals surface area contributed by atoms with E-state index >= 15 is 0 Å².